The van der Waals surface area contributed by atoms with Gasteiger partial charge >= 0.3 is 0 Å². The molecule has 0 spiro atoms. The summed E-state index contributed by atoms with van der Waals surface area (Å²) >= 11 is 0. The second kappa shape index (κ2) is 6.39. The van der Waals surface area contributed by atoms with Crippen molar-refractivity contribution in [3.05, 3.63) is 102 Å². The van der Waals surface area contributed by atoms with Crippen molar-refractivity contribution in [2.45, 2.75) is 20.8 Å². The Balaban J connectivity index is 1.65. The van der Waals surface area contributed by atoms with Crippen molar-refractivity contribution in [3.8, 4) is 11.1 Å². The second-order valence-corrected chi connectivity index (χ2v) is 9.95. The third-order valence-corrected chi connectivity index (χ3v) is 7.66. The topological polar surface area (TPSA) is 21.7 Å². The van der Waals surface area contributed by atoms with Crippen molar-refractivity contribution >= 4 is 54.9 Å². The van der Waals surface area contributed by atoms with E-state index in [1.54, 1.807) is 0 Å². The minimum Gasteiger partial charge on any atom is -0.277 e. The molecule has 5 aromatic carbocycles. The molecule has 0 N–H and O–H groups in total. The fourth-order valence-electron chi connectivity index (χ4n) is 6.37. The van der Waals surface area contributed by atoms with Crippen LogP contribution in [0.15, 0.2) is 84.9 Å². The number of imidazole rings is 2. The first-order chi connectivity index (χ1) is 17.1. The molecule has 8 aromatic rings. The highest BCUT2D eigenvalue weighted by Crippen LogP contribution is 2.41. The standard InChI is InChI=1S/C32H23N3/c1-18-12-19(2)30(20(3)13-18)23-15-25-24-14-21-8-4-5-9-22(21)16-28(24)35-31(25)29(17-23)34-27-11-7-6-10-26(27)33-32(34)35/h4-17H,1-3H3. The van der Waals surface area contributed by atoms with Crippen molar-refractivity contribution in [1.29, 1.82) is 0 Å². The number of benzene rings is 5. The van der Waals surface area contributed by atoms with E-state index in [2.05, 4.69) is 115 Å². The summed E-state index contributed by atoms with van der Waals surface area (Å²) in [6.07, 6.45) is 0. The van der Waals surface area contributed by atoms with E-state index in [9.17, 15) is 0 Å². The Morgan fingerprint density at radius 1 is 0.600 bits per heavy atom. The van der Waals surface area contributed by atoms with E-state index in [4.69, 9.17) is 4.98 Å². The number of para-hydroxylation sites is 2. The van der Waals surface area contributed by atoms with Crippen molar-refractivity contribution in [1.82, 2.24) is 13.8 Å². The van der Waals surface area contributed by atoms with Gasteiger partial charge in [-0.05, 0) is 90.2 Å². The molecule has 0 fully saturated rings. The summed E-state index contributed by atoms with van der Waals surface area (Å²) in [6, 6.07) is 31.1. The molecule has 0 radical (unpaired) electrons. The molecule has 0 saturated heterocycles. The van der Waals surface area contributed by atoms with E-state index in [1.165, 1.54) is 65.9 Å². The van der Waals surface area contributed by atoms with Crippen LogP contribution in [-0.2, 0) is 0 Å². The summed E-state index contributed by atoms with van der Waals surface area (Å²) in [6.45, 7) is 6.64. The number of hydrogen-bond donors (Lipinski definition) is 0. The lowest BCUT2D eigenvalue weighted by Crippen LogP contribution is -1.91. The van der Waals surface area contributed by atoms with Gasteiger partial charge in [0.25, 0.3) is 0 Å². The van der Waals surface area contributed by atoms with Gasteiger partial charge in [0.2, 0.25) is 5.78 Å². The van der Waals surface area contributed by atoms with Gasteiger partial charge in [-0.1, -0.05) is 54.1 Å². The van der Waals surface area contributed by atoms with Crippen molar-refractivity contribution in [2.24, 2.45) is 0 Å². The van der Waals surface area contributed by atoms with E-state index >= 15 is 0 Å². The number of fused-ring (bicyclic) bond motifs is 9. The molecule has 0 aliphatic heterocycles. The van der Waals surface area contributed by atoms with Crippen LogP contribution in [0.3, 0.4) is 0 Å². The molecule has 0 aliphatic carbocycles. The zero-order valence-corrected chi connectivity index (χ0v) is 19.9. The van der Waals surface area contributed by atoms with Gasteiger partial charge in [0.1, 0.15) is 0 Å². The van der Waals surface area contributed by atoms with Crippen LogP contribution in [0.25, 0.3) is 66.0 Å². The van der Waals surface area contributed by atoms with Crippen LogP contribution in [0.4, 0.5) is 0 Å². The van der Waals surface area contributed by atoms with E-state index in [-0.39, 0.29) is 0 Å². The monoisotopic (exact) mass is 449 g/mol. The Bertz CT molecular complexity index is 2120. The summed E-state index contributed by atoms with van der Waals surface area (Å²) in [7, 11) is 0. The number of aryl methyl sites for hydroxylation is 3. The van der Waals surface area contributed by atoms with Crippen molar-refractivity contribution < 1.29 is 0 Å². The molecular weight excluding hydrogens is 426 g/mol. The van der Waals surface area contributed by atoms with Crippen LogP contribution in [-0.4, -0.2) is 13.8 Å². The van der Waals surface area contributed by atoms with E-state index in [0.717, 1.165) is 16.8 Å². The zero-order valence-electron chi connectivity index (χ0n) is 19.9. The Morgan fingerprint density at radius 3 is 2.11 bits per heavy atom. The summed E-state index contributed by atoms with van der Waals surface area (Å²) < 4.78 is 4.71. The SMILES string of the molecule is Cc1cc(C)c(-c2cc3c4cc5ccccc5cc4n4c3c(c2)n2c3ccccc3nc24)c(C)c1. The first-order valence-corrected chi connectivity index (χ1v) is 12.2. The van der Waals surface area contributed by atoms with Gasteiger partial charge in [-0.25, -0.2) is 4.98 Å². The van der Waals surface area contributed by atoms with E-state index < -0.39 is 0 Å². The van der Waals surface area contributed by atoms with Crippen LogP contribution in [0.1, 0.15) is 16.7 Å². The smallest absolute Gasteiger partial charge is 0.220 e. The molecule has 166 valence electrons. The minimum absolute atomic E-state index is 0.978. The number of hydrogen-bond acceptors (Lipinski definition) is 1. The van der Waals surface area contributed by atoms with Gasteiger partial charge in [-0.2, -0.15) is 0 Å². The molecule has 35 heavy (non-hydrogen) atoms. The van der Waals surface area contributed by atoms with Crippen LogP contribution < -0.4 is 0 Å². The maximum atomic E-state index is 5.11. The fourth-order valence-corrected chi connectivity index (χ4v) is 6.37. The summed E-state index contributed by atoms with van der Waals surface area (Å²) in [5.74, 6) is 0.978. The molecule has 0 saturated carbocycles. The molecule has 0 amide bonds. The summed E-state index contributed by atoms with van der Waals surface area (Å²) in [5, 5.41) is 5.08. The first kappa shape index (κ1) is 19.0. The Kier molecular flexibility index (Phi) is 3.47. The molecule has 3 nitrogen and oxygen atoms in total. The van der Waals surface area contributed by atoms with Crippen LogP contribution in [0.5, 0.6) is 0 Å². The molecular formula is C32H23N3. The molecule has 8 rings (SSSR count). The van der Waals surface area contributed by atoms with Crippen molar-refractivity contribution in [2.75, 3.05) is 0 Å². The van der Waals surface area contributed by atoms with Gasteiger partial charge in [-0.3, -0.25) is 8.80 Å². The maximum Gasteiger partial charge on any atom is 0.220 e. The second-order valence-electron chi connectivity index (χ2n) is 9.95. The minimum atomic E-state index is 0.978. The molecule has 3 heterocycles. The summed E-state index contributed by atoms with van der Waals surface area (Å²) in [4.78, 5) is 5.11. The van der Waals surface area contributed by atoms with Gasteiger partial charge in [0.05, 0.1) is 27.6 Å². The molecule has 3 heteroatoms. The number of aromatic nitrogens is 3. The molecule has 0 atom stereocenters. The first-order valence-electron chi connectivity index (χ1n) is 12.2. The maximum absolute atomic E-state index is 5.11. The molecule has 0 unspecified atom stereocenters. The molecule has 0 bridgehead atoms. The van der Waals surface area contributed by atoms with E-state index in [1.807, 2.05) is 0 Å². The van der Waals surface area contributed by atoms with Crippen molar-refractivity contribution in [3.63, 3.8) is 0 Å². The highest BCUT2D eigenvalue weighted by Gasteiger charge is 2.22. The van der Waals surface area contributed by atoms with Gasteiger partial charge < -0.3 is 0 Å². The lowest BCUT2D eigenvalue weighted by molar-refractivity contribution is 1.22. The Labute approximate surface area is 202 Å². The van der Waals surface area contributed by atoms with Gasteiger partial charge in [-0.15, -0.1) is 0 Å². The molecule has 0 aliphatic rings. The zero-order chi connectivity index (χ0) is 23.4. The van der Waals surface area contributed by atoms with Gasteiger partial charge in [0.15, 0.2) is 0 Å². The quantitative estimate of drug-likeness (QED) is 0.247. The summed E-state index contributed by atoms with van der Waals surface area (Å²) in [5.41, 5.74) is 12.4. The lowest BCUT2D eigenvalue weighted by atomic mass is 9.92. The largest absolute Gasteiger partial charge is 0.277 e. The Hall–Kier alpha value is -4.37. The predicted molar refractivity (Wildman–Crippen MR) is 147 cm³/mol. The third kappa shape index (κ3) is 2.37. The van der Waals surface area contributed by atoms with Gasteiger partial charge in [0, 0.05) is 10.8 Å². The van der Waals surface area contributed by atoms with Crippen LogP contribution >= 0.6 is 0 Å². The lowest BCUT2D eigenvalue weighted by Gasteiger charge is -2.12. The highest BCUT2D eigenvalue weighted by atomic mass is 15.2. The fraction of sp³-hybridized carbons (Fsp3) is 0.0938. The van der Waals surface area contributed by atoms with Crippen LogP contribution in [0.2, 0.25) is 0 Å². The third-order valence-electron chi connectivity index (χ3n) is 7.66. The average molecular weight is 450 g/mol. The number of nitrogens with zero attached hydrogens (tertiary/aromatic N) is 3. The predicted octanol–water partition coefficient (Wildman–Crippen LogP) is 8.23. The Morgan fingerprint density at radius 2 is 1.31 bits per heavy atom. The normalized spacial score (nSPS) is 12.4. The number of rotatable bonds is 1. The van der Waals surface area contributed by atoms with Crippen LogP contribution in [0, 0.1) is 20.8 Å². The average Bonchev–Trinajstić information content (AvgIpc) is 3.47. The highest BCUT2D eigenvalue weighted by molar-refractivity contribution is 6.19. The molecule has 3 aromatic heterocycles. The van der Waals surface area contributed by atoms with E-state index in [0.29, 0.717) is 0 Å².